The van der Waals surface area contributed by atoms with Gasteiger partial charge in [0.1, 0.15) is 15.6 Å². The van der Waals surface area contributed by atoms with Crippen molar-refractivity contribution < 1.29 is 19.4 Å². The first kappa shape index (κ1) is 28.0. The van der Waals surface area contributed by atoms with Crippen molar-refractivity contribution in [3.05, 3.63) is 34.7 Å². The van der Waals surface area contributed by atoms with Crippen molar-refractivity contribution in [1.29, 1.82) is 0 Å². The van der Waals surface area contributed by atoms with Crippen LogP contribution >= 0.6 is 22.7 Å². The molecule has 3 heterocycles. The molecule has 4 rings (SSSR count). The Morgan fingerprint density at radius 1 is 1.17 bits per heavy atom. The highest BCUT2D eigenvalue weighted by Gasteiger charge is 2.31. The Morgan fingerprint density at radius 2 is 1.92 bits per heavy atom. The van der Waals surface area contributed by atoms with E-state index in [2.05, 4.69) is 10.6 Å². The van der Waals surface area contributed by atoms with Gasteiger partial charge in [-0.1, -0.05) is 26.0 Å². The van der Waals surface area contributed by atoms with Crippen molar-refractivity contribution in [2.45, 2.75) is 59.6 Å². The first-order valence-corrected chi connectivity index (χ1v) is 14.0. The second kappa shape index (κ2) is 12.6. The minimum absolute atomic E-state index is 0.0369. The molecule has 0 saturated carbocycles. The SMILES string of the molecule is CC.CC(C)(C)OC(=O)N1CCc2c(sc(NC(=O)CCNCCO)c2-c2nc3ccccc3s2)C1. The number of aromatic nitrogens is 1. The largest absolute Gasteiger partial charge is 0.444 e. The van der Waals surface area contributed by atoms with Gasteiger partial charge in [-0.2, -0.15) is 0 Å². The predicted molar refractivity (Wildman–Crippen MR) is 148 cm³/mol. The molecule has 0 spiro atoms. The number of benzene rings is 1. The fraction of sp³-hybridized carbons (Fsp3) is 0.500. The molecule has 3 aromatic rings. The van der Waals surface area contributed by atoms with Crippen LogP contribution in [-0.4, -0.2) is 58.8 Å². The molecule has 0 bridgehead atoms. The number of nitrogens with one attached hydrogen (secondary N) is 2. The molecule has 1 aliphatic heterocycles. The summed E-state index contributed by atoms with van der Waals surface area (Å²) in [5.74, 6) is -0.101. The molecule has 0 aliphatic carbocycles. The molecule has 1 aromatic carbocycles. The van der Waals surface area contributed by atoms with E-state index >= 15 is 0 Å². The lowest BCUT2D eigenvalue weighted by atomic mass is 10.0. The van der Waals surface area contributed by atoms with Gasteiger partial charge in [0, 0.05) is 36.5 Å². The van der Waals surface area contributed by atoms with Crippen LogP contribution in [0.4, 0.5) is 9.80 Å². The summed E-state index contributed by atoms with van der Waals surface area (Å²) in [5.41, 5.74) is 2.47. The summed E-state index contributed by atoms with van der Waals surface area (Å²) >= 11 is 3.11. The van der Waals surface area contributed by atoms with Gasteiger partial charge in [0.15, 0.2) is 0 Å². The topological polar surface area (TPSA) is 104 Å². The standard InChI is InChI=1S/C24H30N4O4S2.C2H6/c1-24(2,3)32-23(31)28-12-9-15-18(14-28)34-22(27-19(30)8-10-25-11-13-29)20(15)21-26-16-6-4-5-7-17(16)33-21;1-2/h4-7,25,29H,8-14H2,1-3H3,(H,27,30);1-2H3. The van der Waals surface area contributed by atoms with Crippen molar-refractivity contribution in [2.24, 2.45) is 0 Å². The van der Waals surface area contributed by atoms with Crippen LogP contribution in [0.2, 0.25) is 0 Å². The van der Waals surface area contributed by atoms with Crippen LogP contribution < -0.4 is 10.6 Å². The highest BCUT2D eigenvalue weighted by atomic mass is 32.1. The number of fused-ring (bicyclic) bond motifs is 2. The van der Waals surface area contributed by atoms with Crippen LogP contribution in [0.1, 0.15) is 51.5 Å². The number of amides is 2. The van der Waals surface area contributed by atoms with Gasteiger partial charge in [-0.3, -0.25) is 4.79 Å². The normalized spacial score (nSPS) is 13.1. The first-order chi connectivity index (χ1) is 17.2. The number of aliphatic hydroxyl groups is 1. The van der Waals surface area contributed by atoms with E-state index in [1.54, 1.807) is 16.2 Å². The molecule has 1 aliphatic rings. The lowest BCUT2D eigenvalue weighted by Gasteiger charge is -2.30. The molecule has 0 fully saturated rings. The number of para-hydroxylation sites is 1. The minimum Gasteiger partial charge on any atom is -0.444 e. The molecule has 8 nitrogen and oxygen atoms in total. The maximum atomic E-state index is 12.7. The third-order valence-electron chi connectivity index (χ3n) is 5.29. The van der Waals surface area contributed by atoms with Crippen LogP contribution in [0.25, 0.3) is 20.8 Å². The summed E-state index contributed by atoms with van der Waals surface area (Å²) in [5, 5.41) is 16.6. The molecule has 196 valence electrons. The van der Waals surface area contributed by atoms with Gasteiger partial charge >= 0.3 is 6.09 Å². The Labute approximate surface area is 220 Å². The molecule has 0 unspecified atom stereocenters. The zero-order chi connectivity index (χ0) is 26.3. The van der Waals surface area contributed by atoms with Gasteiger partial charge in [0.05, 0.1) is 23.4 Å². The molecular weight excluding hydrogens is 496 g/mol. The number of aliphatic hydroxyl groups excluding tert-OH is 1. The summed E-state index contributed by atoms with van der Waals surface area (Å²) in [6.45, 7) is 11.6. The van der Waals surface area contributed by atoms with Gasteiger partial charge in [0.25, 0.3) is 0 Å². The maximum Gasteiger partial charge on any atom is 0.410 e. The van der Waals surface area contributed by atoms with Crippen LogP contribution in [0, 0.1) is 0 Å². The van der Waals surface area contributed by atoms with E-state index in [-0.39, 0.29) is 18.6 Å². The number of carbonyl (C=O) groups is 2. The molecule has 2 aromatic heterocycles. The fourth-order valence-corrected chi connectivity index (χ4v) is 6.16. The average molecular weight is 533 g/mol. The zero-order valence-electron chi connectivity index (χ0n) is 21.6. The number of hydrogen-bond acceptors (Lipinski definition) is 8. The lowest BCUT2D eigenvalue weighted by molar-refractivity contribution is -0.116. The van der Waals surface area contributed by atoms with E-state index in [1.807, 2.05) is 58.9 Å². The number of ether oxygens (including phenoxy) is 1. The monoisotopic (exact) mass is 532 g/mol. The Bertz CT molecular complexity index is 1150. The van der Waals surface area contributed by atoms with Gasteiger partial charge in [-0.25, -0.2) is 9.78 Å². The lowest BCUT2D eigenvalue weighted by Crippen LogP contribution is -2.39. The van der Waals surface area contributed by atoms with E-state index in [1.165, 1.54) is 11.3 Å². The van der Waals surface area contributed by atoms with E-state index in [0.29, 0.717) is 39.0 Å². The molecule has 0 saturated heterocycles. The smallest absolute Gasteiger partial charge is 0.410 e. The van der Waals surface area contributed by atoms with Crippen molar-refractivity contribution >= 4 is 49.9 Å². The summed E-state index contributed by atoms with van der Waals surface area (Å²) in [6, 6.07) is 8.00. The molecule has 36 heavy (non-hydrogen) atoms. The quantitative estimate of drug-likeness (QED) is 0.359. The van der Waals surface area contributed by atoms with Gasteiger partial charge in [-0.15, -0.1) is 22.7 Å². The Balaban J connectivity index is 0.00000176. The molecule has 10 heteroatoms. The maximum absolute atomic E-state index is 12.7. The second-order valence-corrected chi connectivity index (χ2v) is 11.3. The minimum atomic E-state index is -0.553. The number of hydrogen-bond donors (Lipinski definition) is 3. The summed E-state index contributed by atoms with van der Waals surface area (Å²) in [6.07, 6.45) is 0.643. The fourth-order valence-electron chi connectivity index (χ4n) is 3.77. The first-order valence-electron chi connectivity index (χ1n) is 12.3. The van der Waals surface area contributed by atoms with Crippen LogP contribution in [0.5, 0.6) is 0 Å². The van der Waals surface area contributed by atoms with Crippen molar-refractivity contribution in [2.75, 3.05) is 31.6 Å². The Hall–Kier alpha value is -2.53. The Morgan fingerprint density at radius 3 is 2.61 bits per heavy atom. The highest BCUT2D eigenvalue weighted by molar-refractivity contribution is 7.22. The molecule has 3 N–H and O–H groups in total. The number of rotatable bonds is 7. The summed E-state index contributed by atoms with van der Waals surface area (Å²) < 4.78 is 6.66. The van der Waals surface area contributed by atoms with Crippen molar-refractivity contribution in [3.63, 3.8) is 0 Å². The van der Waals surface area contributed by atoms with E-state index in [0.717, 1.165) is 36.2 Å². The van der Waals surface area contributed by atoms with Crippen LogP contribution in [0.15, 0.2) is 24.3 Å². The number of thiazole rings is 1. The van der Waals surface area contributed by atoms with Crippen LogP contribution in [-0.2, 0) is 22.5 Å². The zero-order valence-corrected chi connectivity index (χ0v) is 23.3. The van der Waals surface area contributed by atoms with Gasteiger partial charge < -0.3 is 25.4 Å². The van der Waals surface area contributed by atoms with Crippen molar-refractivity contribution in [1.82, 2.24) is 15.2 Å². The second-order valence-electron chi connectivity index (χ2n) is 9.12. The third-order valence-corrected chi connectivity index (χ3v) is 7.47. The molecular formula is C26H36N4O4S2. The number of anilines is 1. The van der Waals surface area contributed by atoms with Gasteiger partial charge in [0.2, 0.25) is 5.91 Å². The molecule has 0 atom stereocenters. The predicted octanol–water partition coefficient (Wildman–Crippen LogP) is 5.25. The summed E-state index contributed by atoms with van der Waals surface area (Å²) in [7, 11) is 0. The van der Waals surface area contributed by atoms with E-state index in [4.69, 9.17) is 14.8 Å². The highest BCUT2D eigenvalue weighted by Crippen LogP contribution is 2.45. The number of carbonyl (C=O) groups excluding carboxylic acids is 2. The van der Waals surface area contributed by atoms with Crippen molar-refractivity contribution in [3.8, 4) is 10.6 Å². The Kier molecular flexibility index (Phi) is 9.84. The average Bonchev–Trinajstić information content (AvgIpc) is 3.42. The molecule has 0 radical (unpaired) electrons. The summed E-state index contributed by atoms with van der Waals surface area (Å²) in [4.78, 5) is 32.9. The number of nitrogens with zero attached hydrogens (tertiary/aromatic N) is 2. The van der Waals surface area contributed by atoms with E-state index < -0.39 is 5.60 Å². The third kappa shape index (κ3) is 7.03. The molecule has 2 amide bonds. The van der Waals surface area contributed by atoms with E-state index in [9.17, 15) is 9.59 Å². The van der Waals surface area contributed by atoms with Crippen LogP contribution in [0.3, 0.4) is 0 Å². The number of thiophene rings is 1. The van der Waals surface area contributed by atoms with Gasteiger partial charge in [-0.05, 0) is 44.9 Å².